The second-order valence-corrected chi connectivity index (χ2v) is 8.73. The minimum absolute atomic E-state index is 0.0722. The average Bonchev–Trinajstić information content (AvgIpc) is 2.52. The Morgan fingerprint density at radius 2 is 1.83 bits per heavy atom. The van der Waals surface area contributed by atoms with Crippen molar-refractivity contribution in [2.24, 2.45) is 11.8 Å². The number of nitrogens with zero attached hydrogens (tertiary/aromatic N) is 1. The molecule has 2 atom stereocenters. The first-order chi connectivity index (χ1) is 10.9. The van der Waals surface area contributed by atoms with Gasteiger partial charge in [0.1, 0.15) is 0 Å². The minimum Gasteiger partial charge on any atom is -0.312 e. The summed E-state index contributed by atoms with van der Waals surface area (Å²) in [5, 5.41) is 0.762. The molecule has 1 rings (SSSR count). The summed E-state index contributed by atoms with van der Waals surface area (Å²) in [7, 11) is 1.66. The summed E-state index contributed by atoms with van der Waals surface area (Å²) in [5.41, 5.74) is 0.266. The lowest BCUT2D eigenvalue weighted by atomic mass is 9.75. The van der Waals surface area contributed by atoms with Crippen LogP contribution in [-0.4, -0.2) is 47.8 Å². The van der Waals surface area contributed by atoms with Crippen LogP contribution in [-0.2, 0) is 14.4 Å². The highest BCUT2D eigenvalue weighted by molar-refractivity contribution is 8.00. The van der Waals surface area contributed by atoms with Gasteiger partial charge in [0.2, 0.25) is 12.3 Å². The monoisotopic (exact) mass is 339 g/mol. The molecule has 2 unspecified atom stereocenters. The minimum atomic E-state index is -0.0722. The Morgan fingerprint density at radius 1 is 1.22 bits per heavy atom. The Morgan fingerprint density at radius 3 is 2.30 bits per heavy atom. The van der Waals surface area contributed by atoms with Gasteiger partial charge in [-0.05, 0) is 38.0 Å². The molecule has 0 aromatic carbocycles. The van der Waals surface area contributed by atoms with Crippen LogP contribution in [0.25, 0.3) is 0 Å². The quantitative estimate of drug-likeness (QED) is 0.478. The van der Waals surface area contributed by atoms with E-state index in [1.807, 2.05) is 0 Å². The molecule has 0 aliphatic heterocycles. The fourth-order valence-corrected chi connectivity index (χ4v) is 4.36. The molecule has 0 saturated heterocycles. The maximum atomic E-state index is 12.3. The van der Waals surface area contributed by atoms with Crippen LogP contribution in [0.5, 0.6) is 0 Å². The third-order valence-corrected chi connectivity index (χ3v) is 6.25. The van der Waals surface area contributed by atoms with Gasteiger partial charge in [0, 0.05) is 29.4 Å². The lowest BCUT2D eigenvalue weighted by molar-refractivity contribution is -0.139. The molecule has 1 aliphatic carbocycles. The molecule has 1 aliphatic rings. The van der Waals surface area contributed by atoms with Crippen molar-refractivity contribution in [3.05, 3.63) is 0 Å². The summed E-state index contributed by atoms with van der Waals surface area (Å²) >= 11 is 1.80. The molecule has 1 fully saturated rings. The predicted molar refractivity (Wildman–Crippen MR) is 98.2 cm³/mol. The van der Waals surface area contributed by atoms with Gasteiger partial charge in [-0.25, -0.2) is 0 Å². The number of thioether (sulfide) groups is 1. The topological polar surface area (TPSA) is 54.5 Å². The number of rotatable bonds is 9. The van der Waals surface area contributed by atoms with Crippen LogP contribution in [0.1, 0.15) is 59.3 Å². The molecule has 1 saturated carbocycles. The average molecular weight is 339 g/mol. The number of carbonyl (C=O) groups is 3. The van der Waals surface area contributed by atoms with Gasteiger partial charge in [-0.1, -0.05) is 20.8 Å². The molecule has 0 spiro atoms. The van der Waals surface area contributed by atoms with E-state index < -0.39 is 0 Å². The second kappa shape index (κ2) is 10.2. The van der Waals surface area contributed by atoms with E-state index in [9.17, 15) is 14.4 Å². The van der Waals surface area contributed by atoms with E-state index in [2.05, 4.69) is 20.8 Å². The molecule has 0 N–H and O–H groups in total. The van der Waals surface area contributed by atoms with E-state index in [4.69, 9.17) is 0 Å². The maximum Gasteiger partial charge on any atom is 0.230 e. The van der Waals surface area contributed by atoms with Crippen molar-refractivity contribution in [3.63, 3.8) is 0 Å². The zero-order valence-corrected chi connectivity index (χ0v) is 15.7. The van der Waals surface area contributed by atoms with Crippen molar-refractivity contribution in [3.8, 4) is 0 Å². The van der Waals surface area contributed by atoms with E-state index >= 15 is 0 Å². The lowest BCUT2D eigenvalue weighted by Gasteiger charge is -2.30. The summed E-state index contributed by atoms with van der Waals surface area (Å²) in [6, 6.07) is 0. The third kappa shape index (κ3) is 7.11. The molecular formula is C17H30BNO3S. The van der Waals surface area contributed by atoms with Gasteiger partial charge in [0.15, 0.2) is 7.85 Å². The first kappa shape index (κ1) is 20.3. The Kier molecular flexibility index (Phi) is 8.96. The van der Waals surface area contributed by atoms with Gasteiger partial charge in [0.25, 0.3) is 0 Å². The third-order valence-electron chi connectivity index (χ3n) is 4.83. The summed E-state index contributed by atoms with van der Waals surface area (Å²) < 4.78 is 0. The van der Waals surface area contributed by atoms with Gasteiger partial charge in [-0.2, -0.15) is 11.8 Å². The standard InChI is InChI=1S/C17H30BNO3S/c1-4-12(2)23-13(3)9-16(21)19(11-20)10-14-5-7-15(8-6-14)17(18)22/h11-15H,4-10,18H2,1-3H3. The number of hydrogen-bond donors (Lipinski definition) is 0. The second-order valence-electron chi connectivity index (χ2n) is 6.85. The van der Waals surface area contributed by atoms with Crippen LogP contribution >= 0.6 is 11.8 Å². The first-order valence-electron chi connectivity index (χ1n) is 8.78. The van der Waals surface area contributed by atoms with Crippen LogP contribution in [0.2, 0.25) is 0 Å². The number of hydrogen-bond acceptors (Lipinski definition) is 4. The predicted octanol–water partition coefficient (Wildman–Crippen LogP) is 2.25. The van der Waals surface area contributed by atoms with Crippen molar-refractivity contribution >= 4 is 37.6 Å². The summed E-state index contributed by atoms with van der Waals surface area (Å²) in [6.07, 6.45) is 5.82. The van der Waals surface area contributed by atoms with Crippen LogP contribution in [0, 0.1) is 11.8 Å². The lowest BCUT2D eigenvalue weighted by Crippen LogP contribution is -2.37. The van der Waals surface area contributed by atoms with Crippen LogP contribution in [0.15, 0.2) is 0 Å². The maximum absolute atomic E-state index is 12.3. The molecule has 130 valence electrons. The normalized spacial score (nSPS) is 23.8. The highest BCUT2D eigenvalue weighted by Gasteiger charge is 2.27. The van der Waals surface area contributed by atoms with E-state index in [0.29, 0.717) is 30.5 Å². The summed E-state index contributed by atoms with van der Waals surface area (Å²) in [6.45, 7) is 6.86. The SMILES string of the molecule is BC(=O)C1CCC(CN(C=O)C(=O)CC(C)SC(C)CC)CC1. The molecule has 23 heavy (non-hydrogen) atoms. The largest absolute Gasteiger partial charge is 0.312 e. The van der Waals surface area contributed by atoms with Crippen LogP contribution in [0.3, 0.4) is 0 Å². The molecule has 4 nitrogen and oxygen atoms in total. The van der Waals surface area contributed by atoms with Gasteiger partial charge in [-0.3, -0.25) is 14.5 Å². The highest BCUT2D eigenvalue weighted by atomic mass is 32.2. The molecule has 0 heterocycles. The fraction of sp³-hybridized carbons (Fsp3) is 0.824. The molecule has 0 aromatic rings. The van der Waals surface area contributed by atoms with Crippen molar-refractivity contribution in [2.45, 2.75) is 69.8 Å². The van der Waals surface area contributed by atoms with Gasteiger partial charge >= 0.3 is 0 Å². The molecule has 0 bridgehead atoms. The number of carbonyl (C=O) groups excluding carboxylic acids is 3. The zero-order valence-electron chi connectivity index (χ0n) is 14.9. The highest BCUT2D eigenvalue weighted by Crippen LogP contribution is 2.29. The van der Waals surface area contributed by atoms with E-state index in [1.54, 1.807) is 19.6 Å². The van der Waals surface area contributed by atoms with Crippen molar-refractivity contribution in [2.75, 3.05) is 6.54 Å². The van der Waals surface area contributed by atoms with E-state index in [0.717, 1.165) is 32.1 Å². The summed E-state index contributed by atoms with van der Waals surface area (Å²) in [5.74, 6) is 0.452. The van der Waals surface area contributed by atoms with Gasteiger partial charge in [-0.15, -0.1) is 0 Å². The van der Waals surface area contributed by atoms with E-state index in [1.165, 1.54) is 4.90 Å². The summed E-state index contributed by atoms with van der Waals surface area (Å²) in [4.78, 5) is 36.4. The number of imide groups is 1. The van der Waals surface area contributed by atoms with Crippen molar-refractivity contribution < 1.29 is 14.4 Å². The van der Waals surface area contributed by atoms with Gasteiger partial charge < -0.3 is 4.79 Å². The Balaban J connectivity index is 2.42. The van der Waals surface area contributed by atoms with Crippen molar-refractivity contribution in [1.82, 2.24) is 4.90 Å². The van der Waals surface area contributed by atoms with Crippen LogP contribution in [0.4, 0.5) is 0 Å². The van der Waals surface area contributed by atoms with Gasteiger partial charge in [0.05, 0.1) is 5.68 Å². The zero-order chi connectivity index (χ0) is 17.4. The van der Waals surface area contributed by atoms with Crippen molar-refractivity contribution in [1.29, 1.82) is 0 Å². The first-order valence-corrected chi connectivity index (χ1v) is 9.72. The smallest absolute Gasteiger partial charge is 0.230 e. The molecule has 6 heteroatoms. The molecular weight excluding hydrogens is 309 g/mol. The Hall–Kier alpha value is -0.775. The number of amides is 2. The van der Waals surface area contributed by atoms with Crippen LogP contribution < -0.4 is 0 Å². The Labute approximate surface area is 145 Å². The van der Waals surface area contributed by atoms with E-state index in [-0.39, 0.29) is 22.8 Å². The molecule has 2 amide bonds. The molecule has 0 aromatic heterocycles. The Bertz CT molecular complexity index is 411. The fourth-order valence-electron chi connectivity index (χ4n) is 3.14. The molecule has 0 radical (unpaired) electrons.